The average molecular weight is 302 g/mol. The van der Waals surface area contributed by atoms with Crippen LogP contribution in [-0.2, 0) is 9.53 Å². The van der Waals surface area contributed by atoms with Gasteiger partial charge >= 0.3 is 0 Å². The second-order valence-corrected chi connectivity index (χ2v) is 6.39. The van der Waals surface area contributed by atoms with Gasteiger partial charge < -0.3 is 9.64 Å². The van der Waals surface area contributed by atoms with Gasteiger partial charge in [0.2, 0.25) is 0 Å². The Morgan fingerprint density at radius 3 is 2.57 bits per heavy atom. The molecule has 2 aliphatic rings. The summed E-state index contributed by atoms with van der Waals surface area (Å²) in [6.07, 6.45) is 2.22. The number of carbonyl (C=O) groups is 1. The van der Waals surface area contributed by atoms with Crippen molar-refractivity contribution in [3.8, 4) is 0 Å². The lowest BCUT2D eigenvalue weighted by Crippen LogP contribution is -2.47. The lowest BCUT2D eigenvalue weighted by molar-refractivity contribution is -0.113. The maximum atomic E-state index is 12.1. The highest BCUT2D eigenvalue weighted by atomic mass is 32.2. The zero-order valence-electron chi connectivity index (χ0n) is 12.2. The number of hydrogen-bond acceptors (Lipinski definition) is 4. The van der Waals surface area contributed by atoms with Gasteiger partial charge in [0.25, 0.3) is 5.91 Å². The van der Waals surface area contributed by atoms with E-state index in [1.807, 2.05) is 50.3 Å². The molecule has 1 aromatic carbocycles. The average Bonchev–Trinajstić information content (AvgIpc) is 2.80. The molecule has 2 aliphatic heterocycles. The molecular formula is C16H18N2O2S. The quantitative estimate of drug-likeness (QED) is 0.748. The maximum Gasteiger partial charge on any atom is 0.286 e. The number of hydrogen-bond donors (Lipinski definition) is 0. The normalized spacial score (nSPS) is 28.1. The molecule has 0 unspecified atom stereocenters. The third-order valence-electron chi connectivity index (χ3n) is 3.40. The van der Waals surface area contributed by atoms with Crippen molar-refractivity contribution >= 4 is 28.9 Å². The van der Waals surface area contributed by atoms with Crippen molar-refractivity contribution in [3.63, 3.8) is 0 Å². The summed E-state index contributed by atoms with van der Waals surface area (Å²) in [7, 11) is 0. The minimum absolute atomic E-state index is 0.148. The number of nitrogens with zero attached hydrogens (tertiary/aromatic N) is 2. The number of thioether (sulfide) groups is 1. The molecule has 1 saturated heterocycles. The minimum atomic E-state index is -0.148. The number of amides is 1. The third-order valence-corrected chi connectivity index (χ3v) is 4.44. The van der Waals surface area contributed by atoms with Gasteiger partial charge in [0, 0.05) is 13.1 Å². The van der Waals surface area contributed by atoms with E-state index < -0.39 is 0 Å². The molecule has 5 heteroatoms. The lowest BCUT2D eigenvalue weighted by Gasteiger charge is -2.35. The molecule has 0 N–H and O–H groups in total. The van der Waals surface area contributed by atoms with Crippen molar-refractivity contribution in [1.29, 1.82) is 0 Å². The van der Waals surface area contributed by atoms with Crippen molar-refractivity contribution in [2.45, 2.75) is 26.1 Å². The molecular weight excluding hydrogens is 284 g/mol. The van der Waals surface area contributed by atoms with Gasteiger partial charge in [0.1, 0.15) is 0 Å². The van der Waals surface area contributed by atoms with Gasteiger partial charge in [-0.2, -0.15) is 4.99 Å². The Balaban J connectivity index is 1.74. The molecule has 0 spiro atoms. The molecule has 21 heavy (non-hydrogen) atoms. The SMILES string of the molecule is C[C@@H]1CN(C2=NC(=O)/C(=C\c3ccccc3)S2)C[C@H](C)O1. The summed E-state index contributed by atoms with van der Waals surface area (Å²) >= 11 is 1.46. The molecule has 1 amide bonds. The molecule has 2 heterocycles. The standard InChI is InChI=1S/C16H18N2O2S/c1-11-9-18(10-12(2)20-11)16-17-15(19)14(21-16)8-13-6-4-3-5-7-13/h3-8,11-12H,9-10H2,1-2H3/b14-8+/t11-,12+. The molecule has 2 atom stereocenters. The fourth-order valence-corrected chi connectivity index (χ4v) is 3.50. The molecule has 3 rings (SSSR count). The Morgan fingerprint density at radius 2 is 1.90 bits per heavy atom. The van der Waals surface area contributed by atoms with Crippen molar-refractivity contribution in [3.05, 3.63) is 40.8 Å². The zero-order valence-corrected chi connectivity index (χ0v) is 13.0. The highest BCUT2D eigenvalue weighted by molar-refractivity contribution is 8.18. The second kappa shape index (κ2) is 6.03. The summed E-state index contributed by atoms with van der Waals surface area (Å²) in [5.74, 6) is -0.148. The first-order valence-corrected chi connectivity index (χ1v) is 7.91. The van der Waals surface area contributed by atoms with Crippen LogP contribution in [-0.4, -0.2) is 41.3 Å². The van der Waals surface area contributed by atoms with Crippen LogP contribution in [0.2, 0.25) is 0 Å². The number of rotatable bonds is 1. The fraction of sp³-hybridized carbons (Fsp3) is 0.375. The molecule has 1 aromatic rings. The third kappa shape index (κ3) is 3.36. The first-order valence-electron chi connectivity index (χ1n) is 7.10. The van der Waals surface area contributed by atoms with Gasteiger partial charge in [0.15, 0.2) is 5.17 Å². The van der Waals surface area contributed by atoms with Crippen LogP contribution in [0.3, 0.4) is 0 Å². The van der Waals surface area contributed by atoms with Gasteiger partial charge in [-0.25, -0.2) is 0 Å². The number of ether oxygens (including phenoxy) is 1. The summed E-state index contributed by atoms with van der Waals surface area (Å²) in [6.45, 7) is 5.65. The number of amidine groups is 1. The minimum Gasteiger partial charge on any atom is -0.372 e. The Morgan fingerprint density at radius 1 is 1.24 bits per heavy atom. The van der Waals surface area contributed by atoms with Crippen LogP contribution in [0, 0.1) is 0 Å². The van der Waals surface area contributed by atoms with E-state index in [0.29, 0.717) is 4.91 Å². The van der Waals surface area contributed by atoms with E-state index in [2.05, 4.69) is 9.89 Å². The summed E-state index contributed by atoms with van der Waals surface area (Å²) < 4.78 is 5.72. The Labute approximate surface area is 128 Å². The van der Waals surface area contributed by atoms with E-state index in [-0.39, 0.29) is 18.1 Å². The maximum absolute atomic E-state index is 12.1. The predicted molar refractivity (Wildman–Crippen MR) is 86.0 cm³/mol. The fourth-order valence-electron chi connectivity index (χ4n) is 2.57. The van der Waals surface area contributed by atoms with E-state index in [0.717, 1.165) is 23.8 Å². The van der Waals surface area contributed by atoms with E-state index >= 15 is 0 Å². The molecule has 0 aromatic heterocycles. The van der Waals surface area contributed by atoms with Crippen molar-refractivity contribution in [1.82, 2.24) is 4.90 Å². The Hall–Kier alpha value is -1.59. The molecule has 0 bridgehead atoms. The van der Waals surface area contributed by atoms with Crippen LogP contribution in [0.4, 0.5) is 0 Å². The highest BCUT2D eigenvalue weighted by Crippen LogP contribution is 2.31. The molecule has 0 saturated carbocycles. The van der Waals surface area contributed by atoms with Gasteiger partial charge in [-0.3, -0.25) is 4.79 Å². The lowest BCUT2D eigenvalue weighted by atomic mass is 10.2. The second-order valence-electron chi connectivity index (χ2n) is 5.38. The molecule has 0 aliphatic carbocycles. The van der Waals surface area contributed by atoms with Gasteiger partial charge in [-0.05, 0) is 37.2 Å². The van der Waals surface area contributed by atoms with Crippen LogP contribution in [0.5, 0.6) is 0 Å². The summed E-state index contributed by atoms with van der Waals surface area (Å²) in [6, 6.07) is 9.85. The van der Waals surface area contributed by atoms with Crippen LogP contribution in [0.1, 0.15) is 19.4 Å². The topological polar surface area (TPSA) is 41.9 Å². The van der Waals surface area contributed by atoms with Crippen LogP contribution >= 0.6 is 11.8 Å². The summed E-state index contributed by atoms with van der Waals surface area (Å²) in [4.78, 5) is 19.1. The largest absolute Gasteiger partial charge is 0.372 e. The van der Waals surface area contributed by atoms with Crippen LogP contribution in [0.25, 0.3) is 6.08 Å². The van der Waals surface area contributed by atoms with E-state index in [4.69, 9.17) is 4.74 Å². The number of carbonyl (C=O) groups excluding carboxylic acids is 1. The van der Waals surface area contributed by atoms with Crippen molar-refractivity contribution in [2.75, 3.05) is 13.1 Å². The number of aliphatic imine (C=N–C) groups is 1. The monoisotopic (exact) mass is 302 g/mol. The summed E-state index contributed by atoms with van der Waals surface area (Å²) in [5.41, 5.74) is 1.02. The highest BCUT2D eigenvalue weighted by Gasteiger charge is 2.30. The molecule has 110 valence electrons. The Bertz CT molecular complexity index is 588. The Kier molecular flexibility index (Phi) is 4.12. The van der Waals surface area contributed by atoms with Crippen LogP contribution in [0.15, 0.2) is 40.2 Å². The molecule has 0 radical (unpaired) electrons. The zero-order chi connectivity index (χ0) is 14.8. The van der Waals surface area contributed by atoms with Gasteiger partial charge in [0.05, 0.1) is 17.1 Å². The first kappa shape index (κ1) is 14.4. The first-order chi connectivity index (χ1) is 10.1. The predicted octanol–water partition coefficient (Wildman–Crippen LogP) is 2.77. The van der Waals surface area contributed by atoms with Gasteiger partial charge in [-0.1, -0.05) is 30.3 Å². The van der Waals surface area contributed by atoms with E-state index in [1.54, 1.807) is 0 Å². The molecule has 4 nitrogen and oxygen atoms in total. The smallest absolute Gasteiger partial charge is 0.286 e. The van der Waals surface area contributed by atoms with Gasteiger partial charge in [-0.15, -0.1) is 0 Å². The number of morpholine rings is 1. The van der Waals surface area contributed by atoms with Crippen molar-refractivity contribution < 1.29 is 9.53 Å². The van der Waals surface area contributed by atoms with Crippen molar-refractivity contribution in [2.24, 2.45) is 4.99 Å². The van der Waals surface area contributed by atoms with E-state index in [1.165, 1.54) is 11.8 Å². The van der Waals surface area contributed by atoms with E-state index in [9.17, 15) is 4.79 Å². The summed E-state index contributed by atoms with van der Waals surface area (Å²) in [5, 5.41) is 0.796. The molecule has 1 fully saturated rings. The van der Waals surface area contributed by atoms with Crippen LogP contribution < -0.4 is 0 Å². The number of benzene rings is 1.